The molecule has 0 unspecified atom stereocenters. The number of hydrogen-bond donors (Lipinski definition) is 1. The lowest BCUT2D eigenvalue weighted by Crippen LogP contribution is -2.52. The van der Waals surface area contributed by atoms with Crippen LogP contribution < -0.4 is 5.32 Å². The third-order valence-corrected chi connectivity index (χ3v) is 4.57. The molecular weight excluding hydrogens is 338 g/mol. The van der Waals surface area contributed by atoms with E-state index in [1.54, 1.807) is 19.0 Å². The van der Waals surface area contributed by atoms with Crippen molar-refractivity contribution >= 4 is 11.9 Å². The molecule has 1 fully saturated rings. The molecule has 1 aliphatic heterocycles. The number of carbonyl (C=O) groups is 1. The van der Waals surface area contributed by atoms with Crippen LogP contribution >= 0.6 is 0 Å². The molecule has 1 aromatic carbocycles. The summed E-state index contributed by atoms with van der Waals surface area (Å²) in [5, 5.41) is 3.34. The van der Waals surface area contributed by atoms with Crippen molar-refractivity contribution in [1.29, 1.82) is 0 Å². The second kappa shape index (κ2) is 10.1. The predicted octanol–water partition coefficient (Wildman–Crippen LogP) is 1.72. The molecule has 6 heteroatoms. The molecule has 0 aliphatic carbocycles. The van der Waals surface area contributed by atoms with Crippen molar-refractivity contribution in [3.63, 3.8) is 0 Å². The van der Waals surface area contributed by atoms with Gasteiger partial charge in [0.1, 0.15) is 6.54 Å². The van der Waals surface area contributed by atoms with E-state index in [1.807, 2.05) is 6.92 Å². The highest BCUT2D eigenvalue weighted by molar-refractivity contribution is 5.85. The summed E-state index contributed by atoms with van der Waals surface area (Å²) in [7, 11) is 3.51. The molecule has 27 heavy (non-hydrogen) atoms. The summed E-state index contributed by atoms with van der Waals surface area (Å²) in [5.41, 5.74) is 3.70. The van der Waals surface area contributed by atoms with Crippen molar-refractivity contribution in [3.8, 4) is 0 Å². The number of hydrogen-bond acceptors (Lipinski definition) is 3. The van der Waals surface area contributed by atoms with Crippen LogP contribution in [-0.4, -0.2) is 79.9 Å². The Morgan fingerprint density at radius 3 is 2.56 bits per heavy atom. The van der Waals surface area contributed by atoms with Crippen LogP contribution in [0.3, 0.4) is 0 Å². The lowest BCUT2D eigenvalue weighted by atomic mass is 10.1. The fourth-order valence-electron chi connectivity index (χ4n) is 2.97. The van der Waals surface area contributed by atoms with Gasteiger partial charge in [-0.25, -0.2) is 4.99 Å². The fourth-order valence-corrected chi connectivity index (χ4v) is 2.97. The zero-order valence-electron chi connectivity index (χ0n) is 17.2. The molecule has 0 saturated carbocycles. The number of carbonyl (C=O) groups excluding carboxylic acids is 1. The number of aryl methyl sites for hydroxylation is 1. The summed E-state index contributed by atoms with van der Waals surface area (Å²) in [6.07, 6.45) is 0. The molecule has 0 spiro atoms. The Kier molecular flexibility index (Phi) is 7.85. The third kappa shape index (κ3) is 7.06. The number of aliphatic imine (C=N–C) groups is 1. The van der Waals surface area contributed by atoms with Gasteiger partial charge in [0, 0.05) is 53.4 Å². The Balaban J connectivity index is 1.94. The summed E-state index contributed by atoms with van der Waals surface area (Å²) in [4.78, 5) is 22.7. The maximum Gasteiger partial charge on any atom is 0.243 e. The van der Waals surface area contributed by atoms with E-state index >= 15 is 0 Å². The van der Waals surface area contributed by atoms with Crippen LogP contribution in [0.25, 0.3) is 0 Å². The number of guanidine groups is 1. The zero-order chi connectivity index (χ0) is 19.8. The second-order valence-corrected chi connectivity index (χ2v) is 7.49. The lowest BCUT2D eigenvalue weighted by Gasteiger charge is -2.36. The minimum absolute atomic E-state index is 0.00251. The van der Waals surface area contributed by atoms with Crippen molar-refractivity contribution in [2.75, 3.05) is 53.4 Å². The second-order valence-electron chi connectivity index (χ2n) is 7.49. The molecule has 6 nitrogen and oxygen atoms in total. The van der Waals surface area contributed by atoms with Crippen LogP contribution in [0.5, 0.6) is 0 Å². The Morgan fingerprint density at radius 1 is 1.26 bits per heavy atom. The fraction of sp³-hybridized carbons (Fsp3) is 0.524. The molecule has 1 aliphatic rings. The van der Waals surface area contributed by atoms with Crippen LogP contribution in [0, 0.1) is 6.92 Å². The van der Waals surface area contributed by atoms with Gasteiger partial charge in [-0.05, 0) is 19.4 Å². The van der Waals surface area contributed by atoms with Gasteiger partial charge in [-0.1, -0.05) is 42.0 Å². The number of benzene rings is 1. The summed E-state index contributed by atoms with van der Waals surface area (Å²) in [6, 6.07) is 8.69. The Hall–Kier alpha value is -2.34. The van der Waals surface area contributed by atoms with E-state index in [1.165, 1.54) is 11.1 Å². The third-order valence-electron chi connectivity index (χ3n) is 4.57. The average Bonchev–Trinajstić information content (AvgIpc) is 2.62. The summed E-state index contributed by atoms with van der Waals surface area (Å²) >= 11 is 0. The molecular formula is C21H33N5O. The molecule has 1 saturated heterocycles. The maximum absolute atomic E-state index is 11.9. The smallest absolute Gasteiger partial charge is 0.243 e. The maximum atomic E-state index is 11.9. The molecule has 1 aromatic rings. The SMILES string of the molecule is C=C(C)CNC(=NCC(=O)N(C)C)N1CCN(Cc2cccc(C)c2)CC1. The van der Waals surface area contributed by atoms with Crippen LogP contribution in [0.1, 0.15) is 18.1 Å². The van der Waals surface area contributed by atoms with E-state index in [4.69, 9.17) is 0 Å². The van der Waals surface area contributed by atoms with Crippen molar-refractivity contribution in [3.05, 3.63) is 47.5 Å². The minimum Gasteiger partial charge on any atom is -0.353 e. The van der Waals surface area contributed by atoms with Crippen molar-refractivity contribution in [2.45, 2.75) is 20.4 Å². The number of amides is 1. The number of piperazine rings is 1. The van der Waals surface area contributed by atoms with Crippen LogP contribution in [0.2, 0.25) is 0 Å². The van der Waals surface area contributed by atoms with Crippen molar-refractivity contribution in [1.82, 2.24) is 20.0 Å². The number of likely N-dealkylation sites (N-methyl/N-ethyl adjacent to an activating group) is 1. The van der Waals surface area contributed by atoms with Gasteiger partial charge in [0.2, 0.25) is 5.91 Å². The largest absolute Gasteiger partial charge is 0.353 e. The lowest BCUT2D eigenvalue weighted by molar-refractivity contribution is -0.127. The number of nitrogens with one attached hydrogen (secondary N) is 1. The van der Waals surface area contributed by atoms with E-state index in [0.717, 1.165) is 44.3 Å². The van der Waals surface area contributed by atoms with Gasteiger partial charge in [0.15, 0.2) is 5.96 Å². The molecule has 1 N–H and O–H groups in total. The Bertz CT molecular complexity index is 675. The number of nitrogens with zero attached hydrogens (tertiary/aromatic N) is 4. The van der Waals surface area contributed by atoms with Gasteiger partial charge in [-0.15, -0.1) is 0 Å². The normalized spacial score (nSPS) is 15.6. The van der Waals surface area contributed by atoms with Gasteiger partial charge < -0.3 is 15.1 Å². The predicted molar refractivity (Wildman–Crippen MR) is 112 cm³/mol. The van der Waals surface area contributed by atoms with E-state index in [9.17, 15) is 4.79 Å². The molecule has 0 bridgehead atoms. The Morgan fingerprint density at radius 2 is 1.96 bits per heavy atom. The van der Waals surface area contributed by atoms with Crippen molar-refractivity contribution < 1.29 is 4.79 Å². The molecule has 0 radical (unpaired) electrons. The van der Waals surface area contributed by atoms with Gasteiger partial charge in [0.05, 0.1) is 0 Å². The van der Waals surface area contributed by atoms with E-state index in [0.29, 0.717) is 6.54 Å². The molecule has 0 atom stereocenters. The molecule has 2 rings (SSSR count). The molecule has 1 amide bonds. The summed E-state index contributed by atoms with van der Waals surface area (Å²) in [6.45, 7) is 13.6. The van der Waals surface area contributed by atoms with Gasteiger partial charge in [-0.2, -0.15) is 0 Å². The first-order chi connectivity index (χ1) is 12.8. The first-order valence-corrected chi connectivity index (χ1v) is 9.51. The van der Waals surface area contributed by atoms with Crippen LogP contribution in [0.15, 0.2) is 41.4 Å². The first kappa shape index (κ1) is 21.0. The van der Waals surface area contributed by atoms with E-state index in [-0.39, 0.29) is 12.5 Å². The number of rotatable bonds is 6. The zero-order valence-corrected chi connectivity index (χ0v) is 17.2. The van der Waals surface area contributed by atoms with Crippen LogP contribution in [-0.2, 0) is 11.3 Å². The standard InChI is InChI=1S/C21H33N5O/c1-17(2)14-22-21(23-15-20(27)24(4)5)26-11-9-25(10-12-26)16-19-8-6-7-18(3)13-19/h6-8,13H,1,9-12,14-16H2,2-5H3,(H,22,23). The van der Waals surface area contributed by atoms with E-state index < -0.39 is 0 Å². The van der Waals surface area contributed by atoms with Gasteiger partial charge >= 0.3 is 0 Å². The highest BCUT2D eigenvalue weighted by Crippen LogP contribution is 2.10. The average molecular weight is 372 g/mol. The first-order valence-electron chi connectivity index (χ1n) is 9.51. The van der Waals surface area contributed by atoms with E-state index in [2.05, 4.69) is 57.9 Å². The minimum atomic E-state index is 0.00251. The molecule has 1 heterocycles. The molecule has 0 aromatic heterocycles. The topological polar surface area (TPSA) is 51.2 Å². The van der Waals surface area contributed by atoms with Crippen molar-refractivity contribution in [2.24, 2.45) is 4.99 Å². The quantitative estimate of drug-likeness (QED) is 0.470. The highest BCUT2D eigenvalue weighted by atomic mass is 16.2. The van der Waals surface area contributed by atoms with Gasteiger partial charge in [0.25, 0.3) is 0 Å². The Labute approximate surface area is 163 Å². The van der Waals surface area contributed by atoms with Gasteiger partial charge in [-0.3, -0.25) is 9.69 Å². The summed E-state index contributed by atoms with van der Waals surface area (Å²) in [5.74, 6) is 0.797. The molecule has 148 valence electrons. The summed E-state index contributed by atoms with van der Waals surface area (Å²) < 4.78 is 0. The van der Waals surface area contributed by atoms with Crippen LogP contribution in [0.4, 0.5) is 0 Å². The monoisotopic (exact) mass is 371 g/mol. The highest BCUT2D eigenvalue weighted by Gasteiger charge is 2.20.